The molecule has 4 aromatic rings. The minimum Gasteiger partial charge on any atom is -0.507 e. The van der Waals surface area contributed by atoms with Gasteiger partial charge in [-0.3, -0.25) is 4.68 Å². The first kappa shape index (κ1) is 23.5. The molecule has 2 fully saturated rings. The molecule has 0 radical (unpaired) electrons. The highest BCUT2D eigenvalue weighted by Crippen LogP contribution is 2.40. The fourth-order valence-corrected chi connectivity index (χ4v) is 5.26. The predicted molar refractivity (Wildman–Crippen MR) is 146 cm³/mol. The van der Waals surface area contributed by atoms with Crippen molar-refractivity contribution >= 4 is 23.1 Å². The van der Waals surface area contributed by atoms with E-state index in [1.165, 1.54) is 0 Å². The SMILES string of the molecule is Cn1ccc(NCC#Cc2nccc(N3C[C@H]4CC[C@@H](C3)N4c3cc(-c4ccccc4O)nnc3N)n2)n1. The fourth-order valence-electron chi connectivity index (χ4n) is 5.26. The summed E-state index contributed by atoms with van der Waals surface area (Å²) in [4.78, 5) is 13.7. The van der Waals surface area contributed by atoms with E-state index >= 15 is 0 Å². The van der Waals surface area contributed by atoms with E-state index in [4.69, 9.17) is 10.7 Å². The lowest BCUT2D eigenvalue weighted by atomic mass is 10.1. The quantitative estimate of drug-likeness (QED) is 0.345. The molecule has 3 aromatic heterocycles. The summed E-state index contributed by atoms with van der Waals surface area (Å²) in [5.41, 5.74) is 8.41. The number of nitrogens with one attached hydrogen (secondary N) is 1. The van der Waals surface area contributed by atoms with Gasteiger partial charge in [-0.25, -0.2) is 9.97 Å². The van der Waals surface area contributed by atoms with Crippen molar-refractivity contribution in [3.8, 4) is 28.8 Å². The number of aromatic hydroxyl groups is 1. The number of nitrogens with zero attached hydrogens (tertiary/aromatic N) is 8. The van der Waals surface area contributed by atoms with Crippen LogP contribution < -0.4 is 20.9 Å². The molecule has 0 amide bonds. The van der Waals surface area contributed by atoms with Gasteiger partial charge in [0.05, 0.1) is 17.9 Å². The minimum absolute atomic E-state index is 0.167. The first-order valence-corrected chi connectivity index (χ1v) is 12.6. The van der Waals surface area contributed by atoms with Crippen molar-refractivity contribution in [3.63, 3.8) is 0 Å². The summed E-state index contributed by atoms with van der Waals surface area (Å²) in [5.74, 6) is 8.83. The molecule has 0 saturated carbocycles. The van der Waals surface area contributed by atoms with Crippen LogP contribution in [0, 0.1) is 11.8 Å². The van der Waals surface area contributed by atoms with Crippen LogP contribution in [-0.4, -0.2) is 66.8 Å². The Balaban J connectivity index is 1.17. The normalized spacial score (nSPS) is 18.2. The molecular formula is C27H28N10O. The topological polar surface area (TPSA) is 134 Å². The molecule has 2 bridgehead atoms. The van der Waals surface area contributed by atoms with E-state index < -0.39 is 0 Å². The third-order valence-electron chi connectivity index (χ3n) is 6.98. The molecule has 2 aliphatic heterocycles. The van der Waals surface area contributed by atoms with E-state index in [2.05, 4.69) is 47.2 Å². The van der Waals surface area contributed by atoms with Gasteiger partial charge in [0.1, 0.15) is 17.4 Å². The number of benzene rings is 1. The number of para-hydroxylation sites is 1. The Kier molecular flexibility index (Phi) is 6.13. The zero-order valence-corrected chi connectivity index (χ0v) is 21.0. The van der Waals surface area contributed by atoms with Gasteiger partial charge in [0, 0.05) is 56.2 Å². The van der Waals surface area contributed by atoms with Gasteiger partial charge < -0.3 is 26.0 Å². The van der Waals surface area contributed by atoms with Crippen molar-refractivity contribution in [2.45, 2.75) is 24.9 Å². The lowest BCUT2D eigenvalue weighted by molar-refractivity contribution is 0.477. The number of phenols is 1. The summed E-state index contributed by atoms with van der Waals surface area (Å²) in [5, 5.41) is 26.2. The molecule has 2 aliphatic rings. The van der Waals surface area contributed by atoms with Gasteiger partial charge in [-0.1, -0.05) is 18.1 Å². The Hall–Kier alpha value is -4.85. The lowest BCUT2D eigenvalue weighted by Crippen LogP contribution is -2.54. The number of aryl methyl sites for hydroxylation is 1. The van der Waals surface area contributed by atoms with Crippen LogP contribution >= 0.6 is 0 Å². The number of nitrogen functional groups attached to an aromatic ring is 1. The number of hydrogen-bond donors (Lipinski definition) is 3. The van der Waals surface area contributed by atoms with Gasteiger partial charge >= 0.3 is 0 Å². The molecule has 4 N–H and O–H groups in total. The van der Waals surface area contributed by atoms with E-state index in [1.54, 1.807) is 23.0 Å². The van der Waals surface area contributed by atoms with Crippen LogP contribution in [0.2, 0.25) is 0 Å². The molecule has 0 aliphatic carbocycles. The maximum atomic E-state index is 10.3. The smallest absolute Gasteiger partial charge is 0.206 e. The van der Waals surface area contributed by atoms with Gasteiger partial charge in [0.25, 0.3) is 0 Å². The maximum Gasteiger partial charge on any atom is 0.206 e. The van der Waals surface area contributed by atoms with Crippen LogP contribution in [0.4, 0.5) is 23.1 Å². The summed E-state index contributed by atoms with van der Waals surface area (Å²) in [6.45, 7) is 2.06. The molecule has 11 nitrogen and oxygen atoms in total. The van der Waals surface area contributed by atoms with Crippen molar-refractivity contribution < 1.29 is 5.11 Å². The summed E-state index contributed by atoms with van der Waals surface area (Å²) < 4.78 is 1.74. The molecule has 11 heteroatoms. The number of rotatable bonds is 5. The number of piperazine rings is 1. The summed E-state index contributed by atoms with van der Waals surface area (Å²) >= 11 is 0. The summed E-state index contributed by atoms with van der Waals surface area (Å²) in [6, 6.07) is 13.4. The number of anilines is 4. The minimum atomic E-state index is 0.167. The molecule has 2 atom stereocenters. The van der Waals surface area contributed by atoms with Crippen LogP contribution in [0.1, 0.15) is 18.7 Å². The average molecular weight is 509 g/mol. The third-order valence-corrected chi connectivity index (χ3v) is 6.98. The second-order valence-corrected chi connectivity index (χ2v) is 9.48. The monoisotopic (exact) mass is 508 g/mol. The van der Waals surface area contributed by atoms with E-state index in [0.29, 0.717) is 29.4 Å². The van der Waals surface area contributed by atoms with Crippen molar-refractivity contribution in [1.82, 2.24) is 29.9 Å². The van der Waals surface area contributed by atoms with E-state index in [-0.39, 0.29) is 17.8 Å². The molecule has 5 heterocycles. The zero-order valence-electron chi connectivity index (χ0n) is 21.0. The van der Waals surface area contributed by atoms with Gasteiger partial charge in [0.15, 0.2) is 5.82 Å². The molecule has 192 valence electrons. The summed E-state index contributed by atoms with van der Waals surface area (Å²) in [6.07, 6.45) is 5.73. The Labute approximate surface area is 220 Å². The van der Waals surface area contributed by atoms with Crippen LogP contribution in [0.3, 0.4) is 0 Å². The van der Waals surface area contributed by atoms with Crippen LogP contribution in [0.5, 0.6) is 5.75 Å². The number of phenolic OH excluding ortho intramolecular Hbond substituents is 1. The highest BCUT2D eigenvalue weighted by Gasteiger charge is 2.41. The number of aromatic nitrogens is 6. The summed E-state index contributed by atoms with van der Waals surface area (Å²) in [7, 11) is 1.87. The second-order valence-electron chi connectivity index (χ2n) is 9.48. The lowest BCUT2D eigenvalue weighted by Gasteiger charge is -2.43. The van der Waals surface area contributed by atoms with Crippen molar-refractivity contribution in [2.24, 2.45) is 7.05 Å². The number of hydrogen-bond acceptors (Lipinski definition) is 10. The average Bonchev–Trinajstić information content (AvgIpc) is 3.46. The van der Waals surface area contributed by atoms with Crippen LogP contribution in [-0.2, 0) is 7.05 Å². The molecule has 2 saturated heterocycles. The van der Waals surface area contributed by atoms with Gasteiger partial charge in [-0.2, -0.15) is 5.10 Å². The van der Waals surface area contributed by atoms with Gasteiger partial charge in [-0.05, 0) is 43.0 Å². The molecule has 38 heavy (non-hydrogen) atoms. The zero-order chi connectivity index (χ0) is 26.1. The first-order chi connectivity index (χ1) is 18.5. The van der Waals surface area contributed by atoms with Crippen molar-refractivity contribution in [2.75, 3.05) is 40.5 Å². The molecule has 6 rings (SSSR count). The predicted octanol–water partition coefficient (Wildman–Crippen LogP) is 2.28. The number of nitrogens with two attached hydrogens (primary N) is 1. The van der Waals surface area contributed by atoms with E-state index in [1.807, 2.05) is 43.6 Å². The van der Waals surface area contributed by atoms with Crippen LogP contribution in [0.15, 0.2) is 54.9 Å². The Morgan fingerprint density at radius 3 is 2.68 bits per heavy atom. The Morgan fingerprint density at radius 1 is 1.11 bits per heavy atom. The van der Waals surface area contributed by atoms with Gasteiger partial charge in [0.2, 0.25) is 5.82 Å². The second kappa shape index (κ2) is 9.89. The van der Waals surface area contributed by atoms with Crippen molar-refractivity contribution in [3.05, 3.63) is 60.7 Å². The molecule has 1 aromatic carbocycles. The Bertz CT molecular complexity index is 1510. The standard InChI is InChI=1S/C27H28N10O/c1-35-14-11-25(34-35)29-12-4-7-24-30-13-10-26(31-24)36-16-18-8-9-19(17-36)37(18)22-15-21(32-33-27(22)28)20-5-2-3-6-23(20)38/h2-3,5-6,10-11,13-15,18-19,38H,8-9,12,16-17H2,1H3,(H2,28,33)(H,29,34)/t18-,19+. The first-order valence-electron chi connectivity index (χ1n) is 12.6. The maximum absolute atomic E-state index is 10.3. The fraction of sp³-hybridized carbons (Fsp3) is 0.296. The van der Waals surface area contributed by atoms with E-state index in [0.717, 1.165) is 43.3 Å². The van der Waals surface area contributed by atoms with Crippen molar-refractivity contribution in [1.29, 1.82) is 0 Å². The molecular weight excluding hydrogens is 480 g/mol. The number of fused-ring (bicyclic) bond motifs is 2. The third kappa shape index (κ3) is 4.64. The molecule has 0 unspecified atom stereocenters. The Morgan fingerprint density at radius 2 is 1.92 bits per heavy atom. The van der Waals surface area contributed by atoms with E-state index in [9.17, 15) is 5.11 Å². The highest BCUT2D eigenvalue weighted by molar-refractivity contribution is 5.75. The largest absolute Gasteiger partial charge is 0.507 e. The van der Waals surface area contributed by atoms with Gasteiger partial charge in [-0.15, -0.1) is 10.2 Å². The highest BCUT2D eigenvalue weighted by atomic mass is 16.3. The van der Waals surface area contributed by atoms with Crippen LogP contribution in [0.25, 0.3) is 11.3 Å². The molecule has 0 spiro atoms.